The summed E-state index contributed by atoms with van der Waals surface area (Å²) in [7, 11) is 0. The van der Waals surface area contributed by atoms with Crippen LogP contribution in [0.4, 0.5) is 16.2 Å². The first kappa shape index (κ1) is 22.7. The summed E-state index contributed by atoms with van der Waals surface area (Å²) in [4.78, 5) is 24.2. The molecule has 1 saturated heterocycles. The summed E-state index contributed by atoms with van der Waals surface area (Å²) in [6.07, 6.45) is 2.66. The summed E-state index contributed by atoms with van der Waals surface area (Å²) < 4.78 is 0. The van der Waals surface area contributed by atoms with Gasteiger partial charge in [-0.3, -0.25) is 4.79 Å². The number of hydrogen-bond donors (Lipinski definition) is 4. The van der Waals surface area contributed by atoms with E-state index in [9.17, 15) is 9.59 Å². The zero-order valence-electron chi connectivity index (χ0n) is 16.6. The molecule has 0 aromatic heterocycles. The molecule has 0 bridgehead atoms. The number of anilines is 2. The average molecular weight is 417 g/mol. The maximum absolute atomic E-state index is 12.2. The van der Waals surface area contributed by atoms with Crippen LogP contribution in [0.5, 0.6) is 0 Å². The predicted octanol–water partition coefficient (Wildman–Crippen LogP) is 4.32. The van der Waals surface area contributed by atoms with Crippen LogP contribution in [0.25, 0.3) is 0 Å². The van der Waals surface area contributed by atoms with Crippen LogP contribution in [0.15, 0.2) is 54.6 Å². The molecular formula is C22H29ClN4O2. The standard InChI is InChI=1S/C22H28N4O2.ClH/c1-16(24-21(27)12-7-17-13-14-23-15-17)18-8-10-20(11-9-18)26-22(28)25-19-5-3-2-4-6-19;/h2-6,8-11,16-17,23H,7,12-15H2,1H3,(H,24,27)(H2,25,26,28);1H. The van der Waals surface area contributed by atoms with Crippen molar-refractivity contribution < 1.29 is 9.59 Å². The third-order valence-corrected chi connectivity index (χ3v) is 5.02. The average Bonchev–Trinajstić information content (AvgIpc) is 3.21. The number of benzene rings is 2. The van der Waals surface area contributed by atoms with Crippen molar-refractivity contribution in [2.75, 3.05) is 23.7 Å². The number of nitrogens with one attached hydrogen (secondary N) is 4. The fourth-order valence-corrected chi connectivity index (χ4v) is 3.36. The van der Waals surface area contributed by atoms with Crippen molar-refractivity contribution in [3.63, 3.8) is 0 Å². The molecule has 2 aromatic carbocycles. The lowest BCUT2D eigenvalue weighted by molar-refractivity contribution is -0.122. The predicted molar refractivity (Wildman–Crippen MR) is 120 cm³/mol. The molecule has 4 N–H and O–H groups in total. The van der Waals surface area contributed by atoms with E-state index in [1.54, 1.807) is 0 Å². The number of para-hydroxylation sites is 1. The summed E-state index contributed by atoms with van der Waals surface area (Å²) in [5, 5.41) is 12.0. The molecule has 1 aliphatic heterocycles. The SMILES string of the molecule is CC(NC(=O)CCC1CCNC1)c1ccc(NC(=O)Nc2ccccc2)cc1.Cl. The second-order valence-electron chi connectivity index (χ2n) is 7.25. The molecule has 3 rings (SSSR count). The quantitative estimate of drug-likeness (QED) is 0.542. The number of halogens is 1. The van der Waals surface area contributed by atoms with Gasteiger partial charge >= 0.3 is 6.03 Å². The minimum atomic E-state index is -0.290. The van der Waals surface area contributed by atoms with Crippen molar-refractivity contribution in [3.8, 4) is 0 Å². The highest BCUT2D eigenvalue weighted by Gasteiger charge is 2.16. The first-order chi connectivity index (χ1) is 13.6. The molecule has 0 saturated carbocycles. The Morgan fingerprint density at radius 1 is 1.03 bits per heavy atom. The Bertz CT molecular complexity index is 777. The Balaban J connectivity index is 0.00000300. The number of amides is 3. The fraction of sp³-hybridized carbons (Fsp3) is 0.364. The van der Waals surface area contributed by atoms with Crippen molar-refractivity contribution in [2.45, 2.75) is 32.2 Å². The van der Waals surface area contributed by atoms with E-state index in [0.717, 1.165) is 37.2 Å². The van der Waals surface area contributed by atoms with E-state index in [1.165, 1.54) is 0 Å². The van der Waals surface area contributed by atoms with E-state index in [0.29, 0.717) is 18.0 Å². The molecule has 0 aliphatic carbocycles. The second kappa shape index (κ2) is 11.4. The minimum absolute atomic E-state index is 0. The molecule has 2 unspecified atom stereocenters. The minimum Gasteiger partial charge on any atom is -0.350 e. The Morgan fingerprint density at radius 2 is 1.69 bits per heavy atom. The van der Waals surface area contributed by atoms with Crippen LogP contribution in [-0.4, -0.2) is 25.0 Å². The molecule has 6 nitrogen and oxygen atoms in total. The van der Waals surface area contributed by atoms with Gasteiger partial charge in [0.05, 0.1) is 6.04 Å². The molecule has 1 heterocycles. The molecular weight excluding hydrogens is 388 g/mol. The largest absolute Gasteiger partial charge is 0.350 e. The number of carbonyl (C=O) groups is 2. The molecule has 156 valence electrons. The van der Waals surface area contributed by atoms with Crippen LogP contribution in [0.1, 0.15) is 37.8 Å². The van der Waals surface area contributed by atoms with Gasteiger partial charge in [0.15, 0.2) is 0 Å². The highest BCUT2D eigenvalue weighted by Crippen LogP contribution is 2.18. The van der Waals surface area contributed by atoms with Crippen molar-refractivity contribution in [2.24, 2.45) is 5.92 Å². The Labute approximate surface area is 178 Å². The van der Waals surface area contributed by atoms with Gasteiger partial charge in [0, 0.05) is 17.8 Å². The van der Waals surface area contributed by atoms with Crippen LogP contribution < -0.4 is 21.3 Å². The van der Waals surface area contributed by atoms with Crippen molar-refractivity contribution in [3.05, 3.63) is 60.2 Å². The first-order valence-corrected chi connectivity index (χ1v) is 9.83. The summed E-state index contributed by atoms with van der Waals surface area (Å²) >= 11 is 0. The van der Waals surface area contributed by atoms with Crippen molar-refractivity contribution >= 4 is 35.7 Å². The third kappa shape index (κ3) is 7.40. The van der Waals surface area contributed by atoms with Crippen LogP contribution >= 0.6 is 12.4 Å². The van der Waals surface area contributed by atoms with E-state index in [2.05, 4.69) is 21.3 Å². The number of carbonyl (C=O) groups excluding carboxylic acids is 2. The van der Waals surface area contributed by atoms with Crippen molar-refractivity contribution in [1.29, 1.82) is 0 Å². The zero-order chi connectivity index (χ0) is 19.8. The monoisotopic (exact) mass is 416 g/mol. The molecule has 7 heteroatoms. The first-order valence-electron chi connectivity index (χ1n) is 9.83. The van der Waals surface area contributed by atoms with E-state index < -0.39 is 0 Å². The van der Waals surface area contributed by atoms with Gasteiger partial charge in [-0.05, 0) is 68.6 Å². The summed E-state index contributed by atoms with van der Waals surface area (Å²) in [5.74, 6) is 0.706. The third-order valence-electron chi connectivity index (χ3n) is 5.02. The lowest BCUT2D eigenvalue weighted by Gasteiger charge is -2.16. The zero-order valence-corrected chi connectivity index (χ0v) is 17.4. The Kier molecular flexibility index (Phi) is 8.96. The number of urea groups is 1. The van der Waals surface area contributed by atoms with Crippen LogP contribution in [0, 0.1) is 5.92 Å². The molecule has 1 aliphatic rings. The second-order valence-corrected chi connectivity index (χ2v) is 7.25. The van der Waals surface area contributed by atoms with Gasteiger partial charge in [-0.1, -0.05) is 30.3 Å². The molecule has 1 fully saturated rings. The van der Waals surface area contributed by atoms with Crippen LogP contribution in [0.2, 0.25) is 0 Å². The fourth-order valence-electron chi connectivity index (χ4n) is 3.36. The van der Waals surface area contributed by atoms with Gasteiger partial charge in [0.1, 0.15) is 0 Å². The molecule has 2 aromatic rings. The Morgan fingerprint density at radius 3 is 2.31 bits per heavy atom. The summed E-state index contributed by atoms with van der Waals surface area (Å²) in [5.41, 5.74) is 2.44. The molecule has 3 amide bonds. The smallest absolute Gasteiger partial charge is 0.323 e. The maximum Gasteiger partial charge on any atom is 0.323 e. The van der Waals surface area contributed by atoms with Gasteiger partial charge in [-0.25, -0.2) is 4.79 Å². The maximum atomic E-state index is 12.2. The van der Waals surface area contributed by atoms with Gasteiger partial charge in [-0.15, -0.1) is 12.4 Å². The van der Waals surface area contributed by atoms with E-state index >= 15 is 0 Å². The van der Waals surface area contributed by atoms with Crippen LogP contribution in [0.3, 0.4) is 0 Å². The van der Waals surface area contributed by atoms with Crippen molar-refractivity contribution in [1.82, 2.24) is 10.6 Å². The Hall–Kier alpha value is -2.57. The molecule has 0 radical (unpaired) electrons. The normalized spacial score (nSPS) is 16.4. The lowest BCUT2D eigenvalue weighted by atomic mass is 10.0. The number of rotatable bonds is 7. The number of hydrogen-bond acceptors (Lipinski definition) is 3. The topological polar surface area (TPSA) is 82.3 Å². The summed E-state index contributed by atoms with van der Waals surface area (Å²) in [6.45, 7) is 4.06. The summed E-state index contributed by atoms with van der Waals surface area (Å²) in [6, 6.07) is 16.5. The molecule has 2 atom stereocenters. The van der Waals surface area contributed by atoms with E-state index in [-0.39, 0.29) is 30.4 Å². The molecule has 0 spiro atoms. The van der Waals surface area contributed by atoms with E-state index in [1.807, 2.05) is 61.5 Å². The lowest BCUT2D eigenvalue weighted by Crippen LogP contribution is -2.27. The van der Waals surface area contributed by atoms with Gasteiger partial charge in [0.2, 0.25) is 5.91 Å². The molecule has 29 heavy (non-hydrogen) atoms. The van der Waals surface area contributed by atoms with Crippen LogP contribution in [-0.2, 0) is 4.79 Å². The highest BCUT2D eigenvalue weighted by atomic mass is 35.5. The highest BCUT2D eigenvalue weighted by molar-refractivity contribution is 5.99. The van der Waals surface area contributed by atoms with Gasteiger partial charge < -0.3 is 21.3 Å². The van der Waals surface area contributed by atoms with Gasteiger partial charge in [0.25, 0.3) is 0 Å². The van der Waals surface area contributed by atoms with E-state index in [4.69, 9.17) is 0 Å². The van der Waals surface area contributed by atoms with Gasteiger partial charge in [-0.2, -0.15) is 0 Å².